The lowest BCUT2D eigenvalue weighted by molar-refractivity contribution is -0.385. The monoisotopic (exact) mass is 291 g/mol. The number of aliphatic hydroxyl groups excluding tert-OH is 1. The largest absolute Gasteiger partial charge is 0.396 e. The highest BCUT2D eigenvalue weighted by Crippen LogP contribution is 2.25. The minimum atomic E-state index is -0.546. The Morgan fingerprint density at radius 3 is 2.94 bits per heavy atom. The molecule has 1 rings (SSSR count). The van der Waals surface area contributed by atoms with Crippen LogP contribution in [0.3, 0.4) is 0 Å². The Bertz CT molecular complexity index is 413. The standard InChI is InChI=1S/C10H14ClN3O3S/c1-18-6-7(2-3-15)13-10-9(11)4-8(5-12-10)14(16)17/h4-5,7,15H,2-3,6H2,1H3,(H,12,13)/t7-/m0/s1. The van der Waals surface area contributed by atoms with Crippen LogP contribution in [0.2, 0.25) is 5.02 Å². The maximum atomic E-state index is 10.5. The number of pyridine rings is 1. The number of nitrogens with one attached hydrogen (secondary N) is 1. The second-order valence-electron chi connectivity index (χ2n) is 3.59. The minimum Gasteiger partial charge on any atom is -0.396 e. The van der Waals surface area contributed by atoms with Crippen LogP contribution >= 0.6 is 23.4 Å². The van der Waals surface area contributed by atoms with Crippen LogP contribution < -0.4 is 5.32 Å². The summed E-state index contributed by atoms with van der Waals surface area (Å²) in [5.74, 6) is 1.19. The van der Waals surface area contributed by atoms with Crippen LogP contribution in [0.25, 0.3) is 0 Å². The summed E-state index contributed by atoms with van der Waals surface area (Å²) in [4.78, 5) is 13.9. The number of hydrogen-bond acceptors (Lipinski definition) is 6. The van der Waals surface area contributed by atoms with Crippen LogP contribution in [0.15, 0.2) is 12.3 Å². The van der Waals surface area contributed by atoms with Gasteiger partial charge in [0.15, 0.2) is 0 Å². The summed E-state index contributed by atoms with van der Waals surface area (Å²) < 4.78 is 0. The second kappa shape index (κ2) is 7.40. The van der Waals surface area contributed by atoms with E-state index in [-0.39, 0.29) is 23.4 Å². The van der Waals surface area contributed by atoms with Gasteiger partial charge in [-0.05, 0) is 12.7 Å². The van der Waals surface area contributed by atoms with Crippen molar-refractivity contribution in [3.8, 4) is 0 Å². The molecule has 0 aliphatic heterocycles. The molecule has 0 amide bonds. The highest BCUT2D eigenvalue weighted by atomic mass is 35.5. The van der Waals surface area contributed by atoms with Crippen molar-refractivity contribution in [1.82, 2.24) is 4.98 Å². The second-order valence-corrected chi connectivity index (χ2v) is 4.91. The third-order valence-corrected chi connectivity index (χ3v) is 3.25. The van der Waals surface area contributed by atoms with E-state index in [1.165, 1.54) is 6.07 Å². The average molecular weight is 292 g/mol. The van der Waals surface area contributed by atoms with Crippen LogP contribution in [0, 0.1) is 10.1 Å². The maximum Gasteiger partial charge on any atom is 0.289 e. The van der Waals surface area contributed by atoms with Gasteiger partial charge in [-0.3, -0.25) is 10.1 Å². The lowest BCUT2D eigenvalue weighted by Crippen LogP contribution is -2.24. The SMILES string of the molecule is CSC[C@H](CCO)Nc1ncc([N+](=O)[O-])cc1Cl. The summed E-state index contributed by atoms with van der Waals surface area (Å²) >= 11 is 7.55. The quantitative estimate of drug-likeness (QED) is 0.591. The molecule has 0 fully saturated rings. The maximum absolute atomic E-state index is 10.5. The molecule has 1 aromatic heterocycles. The number of aliphatic hydroxyl groups is 1. The molecule has 1 heterocycles. The number of aromatic nitrogens is 1. The topological polar surface area (TPSA) is 88.3 Å². The Labute approximate surface area is 114 Å². The van der Waals surface area contributed by atoms with Crippen molar-refractivity contribution in [3.05, 3.63) is 27.4 Å². The molecule has 0 spiro atoms. The number of rotatable bonds is 7. The number of hydrogen-bond donors (Lipinski definition) is 2. The fraction of sp³-hybridized carbons (Fsp3) is 0.500. The molecule has 0 unspecified atom stereocenters. The normalized spacial score (nSPS) is 12.2. The molecule has 0 aliphatic carbocycles. The van der Waals surface area contributed by atoms with E-state index in [1.54, 1.807) is 11.8 Å². The first kappa shape index (κ1) is 15.0. The van der Waals surface area contributed by atoms with Crippen LogP contribution in [0.4, 0.5) is 11.5 Å². The molecule has 0 saturated carbocycles. The number of halogens is 1. The summed E-state index contributed by atoms with van der Waals surface area (Å²) in [6, 6.07) is 1.28. The highest BCUT2D eigenvalue weighted by molar-refractivity contribution is 7.98. The van der Waals surface area contributed by atoms with Crippen molar-refractivity contribution in [2.45, 2.75) is 12.5 Å². The van der Waals surface area contributed by atoms with Crippen molar-refractivity contribution in [1.29, 1.82) is 0 Å². The zero-order valence-corrected chi connectivity index (χ0v) is 11.4. The molecule has 1 atom stereocenters. The van der Waals surface area contributed by atoms with Gasteiger partial charge in [-0.2, -0.15) is 11.8 Å². The van der Waals surface area contributed by atoms with Gasteiger partial charge in [0.05, 0.1) is 9.95 Å². The fourth-order valence-electron chi connectivity index (χ4n) is 1.38. The van der Waals surface area contributed by atoms with Gasteiger partial charge < -0.3 is 10.4 Å². The van der Waals surface area contributed by atoms with Crippen molar-refractivity contribution in [3.63, 3.8) is 0 Å². The number of nitrogens with zero attached hydrogens (tertiary/aromatic N) is 2. The van der Waals surface area contributed by atoms with Crippen molar-refractivity contribution < 1.29 is 10.0 Å². The molecular weight excluding hydrogens is 278 g/mol. The van der Waals surface area contributed by atoms with Gasteiger partial charge in [0.2, 0.25) is 0 Å². The number of nitro groups is 1. The first-order valence-electron chi connectivity index (χ1n) is 5.24. The van der Waals surface area contributed by atoms with Gasteiger partial charge in [0.1, 0.15) is 12.0 Å². The Balaban J connectivity index is 2.79. The Kier molecular flexibility index (Phi) is 6.17. The lowest BCUT2D eigenvalue weighted by Gasteiger charge is -2.17. The van der Waals surface area contributed by atoms with E-state index in [1.807, 2.05) is 6.26 Å². The summed E-state index contributed by atoms with van der Waals surface area (Å²) in [5.41, 5.74) is -0.144. The molecule has 0 radical (unpaired) electrons. The summed E-state index contributed by atoms with van der Waals surface area (Å²) in [5, 5.41) is 22.7. The molecule has 8 heteroatoms. The van der Waals surface area contributed by atoms with Gasteiger partial charge in [0, 0.05) is 24.5 Å². The first-order chi connectivity index (χ1) is 8.58. The Hall–Kier alpha value is -1.05. The summed E-state index contributed by atoms with van der Waals surface area (Å²) in [7, 11) is 0. The van der Waals surface area contributed by atoms with Crippen LogP contribution in [-0.4, -0.2) is 39.7 Å². The molecule has 100 valence electrons. The molecule has 1 aromatic rings. The zero-order valence-electron chi connectivity index (χ0n) is 9.80. The molecule has 0 saturated heterocycles. The molecule has 6 nitrogen and oxygen atoms in total. The molecule has 18 heavy (non-hydrogen) atoms. The summed E-state index contributed by atoms with van der Waals surface area (Å²) in [6.07, 6.45) is 3.68. The van der Waals surface area contributed by atoms with Crippen molar-refractivity contribution in [2.24, 2.45) is 0 Å². The minimum absolute atomic E-state index is 0.0245. The van der Waals surface area contributed by atoms with Gasteiger partial charge in [-0.25, -0.2) is 4.98 Å². The van der Waals surface area contributed by atoms with Gasteiger partial charge in [-0.15, -0.1) is 0 Å². The van der Waals surface area contributed by atoms with E-state index in [2.05, 4.69) is 10.3 Å². The number of thioether (sulfide) groups is 1. The third-order valence-electron chi connectivity index (χ3n) is 2.22. The molecule has 0 aromatic carbocycles. The summed E-state index contributed by atoms with van der Waals surface area (Å²) in [6.45, 7) is 0.0584. The highest BCUT2D eigenvalue weighted by Gasteiger charge is 2.14. The average Bonchev–Trinajstić information content (AvgIpc) is 2.32. The van der Waals surface area contributed by atoms with Crippen LogP contribution in [0.5, 0.6) is 0 Å². The zero-order chi connectivity index (χ0) is 13.5. The molecular formula is C10H14ClN3O3S. The molecule has 0 bridgehead atoms. The third kappa shape index (κ3) is 4.32. The van der Waals surface area contributed by atoms with Gasteiger partial charge >= 0.3 is 0 Å². The van der Waals surface area contributed by atoms with Crippen LogP contribution in [-0.2, 0) is 0 Å². The predicted octanol–water partition coefficient (Wildman–Crippen LogP) is 2.17. The lowest BCUT2D eigenvalue weighted by atomic mass is 10.2. The first-order valence-corrected chi connectivity index (χ1v) is 7.02. The molecule has 2 N–H and O–H groups in total. The van der Waals surface area contributed by atoms with Crippen molar-refractivity contribution >= 4 is 34.9 Å². The van der Waals surface area contributed by atoms with E-state index < -0.39 is 4.92 Å². The van der Waals surface area contributed by atoms with E-state index in [9.17, 15) is 10.1 Å². The predicted molar refractivity (Wildman–Crippen MR) is 73.4 cm³/mol. The van der Waals surface area contributed by atoms with Crippen molar-refractivity contribution in [2.75, 3.05) is 23.9 Å². The van der Waals surface area contributed by atoms with Gasteiger partial charge in [0.25, 0.3) is 5.69 Å². The van der Waals surface area contributed by atoms with E-state index in [0.29, 0.717) is 12.2 Å². The Morgan fingerprint density at radius 1 is 1.72 bits per heavy atom. The number of anilines is 1. The van der Waals surface area contributed by atoms with E-state index >= 15 is 0 Å². The van der Waals surface area contributed by atoms with E-state index in [0.717, 1.165) is 11.9 Å². The Morgan fingerprint density at radius 2 is 2.44 bits per heavy atom. The van der Waals surface area contributed by atoms with Crippen LogP contribution in [0.1, 0.15) is 6.42 Å². The smallest absolute Gasteiger partial charge is 0.289 e. The fourth-order valence-corrected chi connectivity index (χ4v) is 2.25. The van der Waals surface area contributed by atoms with Gasteiger partial charge in [-0.1, -0.05) is 11.6 Å². The van der Waals surface area contributed by atoms with E-state index in [4.69, 9.17) is 16.7 Å². The molecule has 0 aliphatic rings.